The summed E-state index contributed by atoms with van der Waals surface area (Å²) in [5.74, 6) is 0.236. The second-order valence-corrected chi connectivity index (χ2v) is 5.40. The van der Waals surface area contributed by atoms with Gasteiger partial charge in [-0.1, -0.05) is 17.7 Å². The van der Waals surface area contributed by atoms with Crippen molar-refractivity contribution in [3.05, 3.63) is 53.0 Å². The van der Waals surface area contributed by atoms with Crippen LogP contribution in [0.4, 0.5) is 15.9 Å². The Morgan fingerprint density at radius 1 is 1.35 bits per heavy atom. The molecule has 0 amide bonds. The zero-order valence-electron chi connectivity index (χ0n) is 11.4. The predicted molar refractivity (Wildman–Crippen MR) is 80.3 cm³/mol. The summed E-state index contributed by atoms with van der Waals surface area (Å²) >= 11 is 5.78. The van der Waals surface area contributed by atoms with E-state index in [1.807, 2.05) is 4.90 Å². The van der Waals surface area contributed by atoms with Gasteiger partial charge in [-0.15, -0.1) is 11.6 Å². The second-order valence-electron chi connectivity index (χ2n) is 5.13. The summed E-state index contributed by atoms with van der Waals surface area (Å²) in [6, 6.07) is 7.91. The average Bonchev–Trinajstić information content (AvgIpc) is 2.46. The molecule has 104 valence electrons. The molecule has 0 radical (unpaired) electrons. The van der Waals surface area contributed by atoms with Gasteiger partial charge in [0.15, 0.2) is 11.6 Å². The van der Waals surface area contributed by atoms with Crippen LogP contribution >= 0.6 is 11.6 Å². The fourth-order valence-corrected chi connectivity index (χ4v) is 2.92. The number of hydrogen-bond acceptors (Lipinski definition) is 2. The maximum Gasteiger partial charge on any atom is 0.170 e. The fraction of sp³-hybridized carbons (Fsp3) is 0.312. The summed E-state index contributed by atoms with van der Waals surface area (Å²) in [5.41, 5.74) is 4.04. The highest BCUT2D eigenvalue weighted by Gasteiger charge is 2.22. The summed E-state index contributed by atoms with van der Waals surface area (Å²) in [5, 5.41) is 0. The second kappa shape index (κ2) is 5.41. The van der Waals surface area contributed by atoms with Gasteiger partial charge in [0.25, 0.3) is 0 Å². The van der Waals surface area contributed by atoms with Crippen LogP contribution in [0.2, 0.25) is 0 Å². The standard InChI is InChI=1S/C16H16ClFN2/c1-11-4-5-14-12(9-11)3-2-8-20(14)16-15(18)13(10-17)6-7-19-16/h4-7,9H,2-3,8,10H2,1H3. The van der Waals surface area contributed by atoms with Gasteiger partial charge in [0.2, 0.25) is 0 Å². The highest BCUT2D eigenvalue weighted by atomic mass is 35.5. The monoisotopic (exact) mass is 290 g/mol. The van der Waals surface area contributed by atoms with Crippen LogP contribution in [0.25, 0.3) is 0 Å². The van der Waals surface area contributed by atoms with Crippen LogP contribution in [-0.4, -0.2) is 11.5 Å². The molecule has 0 N–H and O–H groups in total. The normalized spacial score (nSPS) is 14.2. The fourth-order valence-electron chi connectivity index (χ4n) is 2.71. The van der Waals surface area contributed by atoms with Crippen molar-refractivity contribution in [1.82, 2.24) is 4.98 Å². The number of anilines is 2. The van der Waals surface area contributed by atoms with Crippen LogP contribution in [-0.2, 0) is 12.3 Å². The predicted octanol–water partition coefficient (Wildman–Crippen LogP) is 4.35. The lowest BCUT2D eigenvalue weighted by Crippen LogP contribution is -2.26. The van der Waals surface area contributed by atoms with E-state index in [1.165, 1.54) is 11.1 Å². The average molecular weight is 291 g/mol. The smallest absolute Gasteiger partial charge is 0.170 e. The van der Waals surface area contributed by atoms with E-state index in [0.29, 0.717) is 11.4 Å². The van der Waals surface area contributed by atoms with E-state index in [1.54, 1.807) is 12.3 Å². The maximum absolute atomic E-state index is 14.4. The molecule has 20 heavy (non-hydrogen) atoms. The summed E-state index contributed by atoms with van der Waals surface area (Å²) < 4.78 is 14.4. The molecule has 1 aliphatic heterocycles. The number of fused-ring (bicyclic) bond motifs is 1. The van der Waals surface area contributed by atoms with Crippen molar-refractivity contribution in [2.24, 2.45) is 0 Å². The Morgan fingerprint density at radius 2 is 2.20 bits per heavy atom. The SMILES string of the molecule is Cc1ccc2c(c1)CCCN2c1nccc(CCl)c1F. The Labute approximate surface area is 123 Å². The third-order valence-corrected chi connectivity index (χ3v) is 3.99. The lowest BCUT2D eigenvalue weighted by molar-refractivity contribution is 0.603. The van der Waals surface area contributed by atoms with Gasteiger partial charge in [-0.05, 0) is 37.5 Å². The summed E-state index contributed by atoms with van der Waals surface area (Å²) in [7, 11) is 0. The minimum atomic E-state index is -0.309. The van der Waals surface area contributed by atoms with Crippen LogP contribution < -0.4 is 4.90 Å². The Morgan fingerprint density at radius 3 is 3.00 bits per heavy atom. The third kappa shape index (κ3) is 2.27. The van der Waals surface area contributed by atoms with Crippen molar-refractivity contribution in [3.63, 3.8) is 0 Å². The van der Waals surface area contributed by atoms with Crippen molar-refractivity contribution in [2.45, 2.75) is 25.6 Å². The van der Waals surface area contributed by atoms with Crippen molar-refractivity contribution in [3.8, 4) is 0 Å². The minimum absolute atomic E-state index is 0.163. The van der Waals surface area contributed by atoms with Crippen LogP contribution in [0.1, 0.15) is 23.1 Å². The van der Waals surface area contributed by atoms with Gasteiger partial charge in [-0.3, -0.25) is 0 Å². The molecule has 0 aliphatic carbocycles. The molecular formula is C16H16ClFN2. The van der Waals surface area contributed by atoms with Crippen molar-refractivity contribution >= 4 is 23.1 Å². The number of halogens is 2. The van der Waals surface area contributed by atoms with Gasteiger partial charge in [0.05, 0.1) is 5.88 Å². The topological polar surface area (TPSA) is 16.1 Å². The molecule has 0 unspecified atom stereocenters. The molecule has 4 heteroatoms. The van der Waals surface area contributed by atoms with Gasteiger partial charge < -0.3 is 4.90 Å². The lowest BCUT2D eigenvalue weighted by atomic mass is 9.99. The molecule has 2 nitrogen and oxygen atoms in total. The summed E-state index contributed by atoms with van der Waals surface area (Å²) in [4.78, 5) is 6.19. The highest BCUT2D eigenvalue weighted by molar-refractivity contribution is 6.17. The van der Waals surface area contributed by atoms with Crippen molar-refractivity contribution < 1.29 is 4.39 Å². The number of rotatable bonds is 2. The zero-order chi connectivity index (χ0) is 14.1. The molecule has 1 aliphatic rings. The van der Waals surface area contributed by atoms with Crippen LogP contribution in [0, 0.1) is 12.7 Å². The first kappa shape index (κ1) is 13.4. The number of benzene rings is 1. The Kier molecular flexibility index (Phi) is 3.62. The number of alkyl halides is 1. The van der Waals surface area contributed by atoms with Gasteiger partial charge in [0, 0.05) is 24.0 Å². The largest absolute Gasteiger partial charge is 0.324 e. The Hall–Kier alpha value is -1.61. The van der Waals surface area contributed by atoms with Crippen molar-refractivity contribution in [2.75, 3.05) is 11.4 Å². The molecule has 3 rings (SSSR count). The number of hydrogen-bond donors (Lipinski definition) is 0. The molecule has 0 saturated heterocycles. The number of aromatic nitrogens is 1. The summed E-state index contributed by atoms with van der Waals surface area (Å²) in [6.45, 7) is 2.86. The molecule has 2 heterocycles. The Bertz CT molecular complexity index is 642. The Balaban J connectivity index is 2.09. The van der Waals surface area contributed by atoms with Gasteiger partial charge in [-0.25, -0.2) is 9.37 Å². The van der Waals surface area contributed by atoms with E-state index < -0.39 is 0 Å². The minimum Gasteiger partial charge on any atom is -0.324 e. The van der Waals surface area contributed by atoms with E-state index >= 15 is 0 Å². The first-order valence-electron chi connectivity index (χ1n) is 6.77. The van der Waals surface area contributed by atoms with Crippen LogP contribution in [0.5, 0.6) is 0 Å². The highest BCUT2D eigenvalue weighted by Crippen LogP contribution is 2.34. The van der Waals surface area contributed by atoms with Crippen LogP contribution in [0.3, 0.4) is 0 Å². The summed E-state index contributed by atoms with van der Waals surface area (Å²) in [6.07, 6.45) is 3.66. The van der Waals surface area contributed by atoms with Gasteiger partial charge >= 0.3 is 0 Å². The quantitative estimate of drug-likeness (QED) is 0.764. The lowest BCUT2D eigenvalue weighted by Gasteiger charge is -2.31. The number of pyridine rings is 1. The van der Waals surface area contributed by atoms with Gasteiger partial charge in [0.1, 0.15) is 0 Å². The molecular weight excluding hydrogens is 275 g/mol. The first-order valence-corrected chi connectivity index (χ1v) is 7.30. The molecule has 1 aromatic carbocycles. The molecule has 0 fully saturated rings. The van der Waals surface area contributed by atoms with Crippen molar-refractivity contribution in [1.29, 1.82) is 0 Å². The van der Waals surface area contributed by atoms with E-state index in [-0.39, 0.29) is 11.7 Å². The molecule has 2 aromatic rings. The van der Waals surface area contributed by atoms with E-state index in [4.69, 9.17) is 11.6 Å². The van der Waals surface area contributed by atoms with E-state index in [2.05, 4.69) is 30.1 Å². The first-order chi connectivity index (χ1) is 9.70. The maximum atomic E-state index is 14.4. The number of aryl methyl sites for hydroxylation is 2. The number of nitrogens with zero attached hydrogens (tertiary/aromatic N) is 2. The van der Waals surface area contributed by atoms with Gasteiger partial charge in [-0.2, -0.15) is 0 Å². The molecule has 0 atom stereocenters. The molecule has 0 bridgehead atoms. The van der Waals surface area contributed by atoms with E-state index in [9.17, 15) is 4.39 Å². The third-order valence-electron chi connectivity index (χ3n) is 3.70. The van der Waals surface area contributed by atoms with E-state index in [0.717, 1.165) is 25.1 Å². The molecule has 0 saturated carbocycles. The molecule has 1 aromatic heterocycles. The zero-order valence-corrected chi connectivity index (χ0v) is 12.1. The van der Waals surface area contributed by atoms with Crippen LogP contribution in [0.15, 0.2) is 30.5 Å². The molecule has 0 spiro atoms.